The smallest absolute Gasteiger partial charge is 0.251 e. The molecule has 0 spiro atoms. The van der Waals surface area contributed by atoms with Gasteiger partial charge < -0.3 is 15.5 Å². The molecule has 6 heteroatoms. The number of hydrogen-bond acceptors (Lipinski definition) is 3. The molecule has 1 saturated heterocycles. The van der Waals surface area contributed by atoms with E-state index in [1.807, 2.05) is 13.0 Å². The lowest BCUT2D eigenvalue weighted by Crippen LogP contribution is -2.49. The van der Waals surface area contributed by atoms with Crippen LogP contribution in [0.1, 0.15) is 40.7 Å². The largest absolute Gasteiger partial charge is 0.353 e. The third-order valence-electron chi connectivity index (χ3n) is 5.41. The van der Waals surface area contributed by atoms with Gasteiger partial charge in [-0.3, -0.25) is 14.4 Å². The number of nitrogens with one attached hydrogen (secondary N) is 2. The molecule has 1 aliphatic heterocycles. The molecule has 3 amide bonds. The summed E-state index contributed by atoms with van der Waals surface area (Å²) in [4.78, 5) is 38.4. The van der Waals surface area contributed by atoms with Crippen LogP contribution in [0.4, 0.5) is 0 Å². The van der Waals surface area contributed by atoms with Gasteiger partial charge in [-0.15, -0.1) is 0 Å². The summed E-state index contributed by atoms with van der Waals surface area (Å²) in [6, 6.07) is 17.2. The van der Waals surface area contributed by atoms with E-state index < -0.39 is 0 Å². The van der Waals surface area contributed by atoms with E-state index in [0.29, 0.717) is 25.1 Å². The molecule has 0 aliphatic carbocycles. The normalized spacial score (nSPS) is 14.2. The Labute approximate surface area is 177 Å². The molecule has 0 atom stereocenters. The Bertz CT molecular complexity index is 857. The minimum Gasteiger partial charge on any atom is -0.353 e. The number of nitrogens with zero attached hydrogens (tertiary/aromatic N) is 1. The highest BCUT2D eigenvalue weighted by atomic mass is 16.2. The summed E-state index contributed by atoms with van der Waals surface area (Å²) >= 11 is 0. The van der Waals surface area contributed by atoms with Crippen molar-refractivity contribution in [2.75, 3.05) is 19.6 Å². The average molecular weight is 408 g/mol. The molecule has 2 aromatic carbocycles. The highest BCUT2D eigenvalue weighted by Crippen LogP contribution is 2.12. The molecule has 30 heavy (non-hydrogen) atoms. The molecule has 1 aliphatic rings. The molecule has 3 rings (SSSR count). The lowest BCUT2D eigenvalue weighted by atomic mass is 10.0. The predicted molar refractivity (Wildman–Crippen MR) is 116 cm³/mol. The van der Waals surface area contributed by atoms with E-state index in [2.05, 4.69) is 34.9 Å². The van der Waals surface area contributed by atoms with Gasteiger partial charge in [0.15, 0.2) is 0 Å². The van der Waals surface area contributed by atoms with Crippen LogP contribution in [0.2, 0.25) is 0 Å². The number of rotatable bonds is 7. The topological polar surface area (TPSA) is 78.5 Å². The molecular formula is C24H29N3O3. The maximum atomic E-state index is 12.4. The van der Waals surface area contributed by atoms with E-state index in [9.17, 15) is 14.4 Å². The second-order valence-corrected chi connectivity index (χ2v) is 7.76. The van der Waals surface area contributed by atoms with E-state index in [1.54, 1.807) is 29.2 Å². The molecule has 0 aromatic heterocycles. The Kier molecular flexibility index (Phi) is 7.60. The van der Waals surface area contributed by atoms with Crippen LogP contribution in [0.3, 0.4) is 0 Å². The van der Waals surface area contributed by atoms with Gasteiger partial charge in [0.1, 0.15) is 0 Å². The van der Waals surface area contributed by atoms with Crippen LogP contribution in [-0.2, 0) is 16.0 Å². The van der Waals surface area contributed by atoms with Crippen molar-refractivity contribution in [2.45, 2.75) is 38.6 Å². The first-order valence-corrected chi connectivity index (χ1v) is 10.5. The standard InChI is InChI=1S/C24H29N3O3/c1-18-7-9-19(10-8-18)11-12-22(28)26-21-13-15-27(16-14-21)23(29)17-25-24(30)20-5-3-2-4-6-20/h2-10,21H,11-17H2,1H3,(H,25,30)(H,26,28). The molecule has 2 aromatic rings. The van der Waals surface area contributed by atoms with Crippen LogP contribution < -0.4 is 10.6 Å². The number of likely N-dealkylation sites (tertiary alicyclic amines) is 1. The predicted octanol–water partition coefficient (Wildman–Crippen LogP) is 2.46. The summed E-state index contributed by atoms with van der Waals surface area (Å²) in [5.41, 5.74) is 2.91. The second-order valence-electron chi connectivity index (χ2n) is 7.76. The summed E-state index contributed by atoms with van der Waals surface area (Å²) in [7, 11) is 0. The molecule has 0 saturated carbocycles. The Morgan fingerprint density at radius 3 is 2.30 bits per heavy atom. The number of piperidine rings is 1. The van der Waals surface area contributed by atoms with Crippen molar-refractivity contribution < 1.29 is 14.4 Å². The molecule has 6 nitrogen and oxygen atoms in total. The zero-order chi connectivity index (χ0) is 21.3. The zero-order valence-corrected chi connectivity index (χ0v) is 17.4. The summed E-state index contributed by atoms with van der Waals surface area (Å²) < 4.78 is 0. The quantitative estimate of drug-likeness (QED) is 0.740. The van der Waals surface area contributed by atoms with Crippen LogP contribution in [0, 0.1) is 6.92 Å². The van der Waals surface area contributed by atoms with Gasteiger partial charge in [0.05, 0.1) is 6.54 Å². The molecule has 1 fully saturated rings. The number of aryl methyl sites for hydroxylation is 2. The number of amides is 3. The van der Waals surface area contributed by atoms with Crippen molar-refractivity contribution in [3.05, 3.63) is 71.3 Å². The van der Waals surface area contributed by atoms with Crippen LogP contribution in [0.5, 0.6) is 0 Å². The summed E-state index contributed by atoms with van der Waals surface area (Å²) in [5, 5.41) is 5.76. The lowest BCUT2D eigenvalue weighted by Gasteiger charge is -2.32. The maximum Gasteiger partial charge on any atom is 0.251 e. The van der Waals surface area contributed by atoms with Crippen molar-refractivity contribution in [2.24, 2.45) is 0 Å². The van der Waals surface area contributed by atoms with E-state index in [-0.39, 0.29) is 30.3 Å². The minimum absolute atomic E-state index is 0.0126. The van der Waals surface area contributed by atoms with E-state index >= 15 is 0 Å². The van der Waals surface area contributed by atoms with Gasteiger partial charge in [0, 0.05) is 31.1 Å². The van der Waals surface area contributed by atoms with Crippen molar-refractivity contribution in [3.63, 3.8) is 0 Å². The fourth-order valence-electron chi connectivity index (χ4n) is 3.54. The number of carbonyl (C=O) groups is 3. The average Bonchev–Trinajstić information content (AvgIpc) is 2.78. The fraction of sp³-hybridized carbons (Fsp3) is 0.375. The maximum absolute atomic E-state index is 12.4. The Morgan fingerprint density at radius 1 is 0.967 bits per heavy atom. The van der Waals surface area contributed by atoms with Crippen molar-refractivity contribution in [1.29, 1.82) is 0 Å². The van der Waals surface area contributed by atoms with Gasteiger partial charge in [0.2, 0.25) is 11.8 Å². The summed E-state index contributed by atoms with van der Waals surface area (Å²) in [6.45, 7) is 3.21. The number of benzene rings is 2. The molecule has 158 valence electrons. The van der Waals surface area contributed by atoms with E-state index in [4.69, 9.17) is 0 Å². The van der Waals surface area contributed by atoms with Crippen LogP contribution in [0.25, 0.3) is 0 Å². The third-order valence-corrected chi connectivity index (χ3v) is 5.41. The zero-order valence-electron chi connectivity index (χ0n) is 17.4. The first kappa shape index (κ1) is 21.6. The van der Waals surface area contributed by atoms with Crippen molar-refractivity contribution in [1.82, 2.24) is 15.5 Å². The fourth-order valence-corrected chi connectivity index (χ4v) is 3.54. The van der Waals surface area contributed by atoms with Crippen molar-refractivity contribution >= 4 is 17.7 Å². The first-order chi connectivity index (χ1) is 14.5. The molecule has 1 heterocycles. The van der Waals surface area contributed by atoms with Crippen LogP contribution in [0.15, 0.2) is 54.6 Å². The SMILES string of the molecule is Cc1ccc(CCC(=O)NC2CCN(C(=O)CNC(=O)c3ccccc3)CC2)cc1. The van der Waals surface area contributed by atoms with Gasteiger partial charge in [-0.05, 0) is 43.9 Å². The molecule has 2 N–H and O–H groups in total. The Balaban J connectivity index is 1.34. The highest BCUT2D eigenvalue weighted by Gasteiger charge is 2.24. The molecular weight excluding hydrogens is 378 g/mol. The van der Waals surface area contributed by atoms with Gasteiger partial charge in [0.25, 0.3) is 5.91 Å². The highest BCUT2D eigenvalue weighted by molar-refractivity contribution is 5.96. The first-order valence-electron chi connectivity index (χ1n) is 10.5. The van der Waals surface area contributed by atoms with E-state index in [0.717, 1.165) is 24.8 Å². The summed E-state index contributed by atoms with van der Waals surface area (Å²) in [5.74, 6) is -0.293. The minimum atomic E-state index is -0.250. The Morgan fingerprint density at radius 2 is 1.63 bits per heavy atom. The number of hydrogen-bond donors (Lipinski definition) is 2. The van der Waals surface area contributed by atoms with Gasteiger partial charge in [-0.25, -0.2) is 0 Å². The monoisotopic (exact) mass is 407 g/mol. The summed E-state index contributed by atoms with van der Waals surface area (Å²) in [6.07, 6.45) is 2.65. The van der Waals surface area contributed by atoms with Crippen LogP contribution in [-0.4, -0.2) is 48.3 Å². The van der Waals surface area contributed by atoms with Crippen molar-refractivity contribution in [3.8, 4) is 0 Å². The van der Waals surface area contributed by atoms with Gasteiger partial charge in [-0.2, -0.15) is 0 Å². The van der Waals surface area contributed by atoms with Crippen LogP contribution >= 0.6 is 0 Å². The van der Waals surface area contributed by atoms with Gasteiger partial charge >= 0.3 is 0 Å². The second kappa shape index (κ2) is 10.6. The number of carbonyl (C=O) groups excluding carboxylic acids is 3. The van der Waals surface area contributed by atoms with Gasteiger partial charge in [-0.1, -0.05) is 48.0 Å². The lowest BCUT2D eigenvalue weighted by molar-refractivity contribution is -0.131. The third kappa shape index (κ3) is 6.44. The van der Waals surface area contributed by atoms with E-state index in [1.165, 1.54) is 5.56 Å². The molecule has 0 radical (unpaired) electrons. The molecule has 0 bridgehead atoms. The molecule has 0 unspecified atom stereocenters. The Hall–Kier alpha value is -3.15.